The van der Waals surface area contributed by atoms with Gasteiger partial charge < -0.3 is 5.32 Å². The zero-order chi connectivity index (χ0) is 23.6. The summed E-state index contributed by atoms with van der Waals surface area (Å²) in [6.45, 7) is 11.7. The molecule has 3 aromatic rings. The fourth-order valence-electron chi connectivity index (χ4n) is 3.67. The van der Waals surface area contributed by atoms with Crippen LogP contribution < -0.4 is 10.0 Å². The number of anilines is 1. The van der Waals surface area contributed by atoms with E-state index in [4.69, 9.17) is 0 Å². The van der Waals surface area contributed by atoms with Gasteiger partial charge in [0.15, 0.2) is 0 Å². The second-order valence-electron chi connectivity index (χ2n) is 8.44. The third kappa shape index (κ3) is 5.19. The Kier molecular flexibility index (Phi) is 6.74. The van der Waals surface area contributed by atoms with Crippen LogP contribution in [-0.2, 0) is 10.0 Å². The number of carbonyl (C=O) groups is 1. The Labute approximate surface area is 190 Å². The Hall–Kier alpha value is -3.12. The Morgan fingerprint density at radius 2 is 1.41 bits per heavy atom. The maximum atomic E-state index is 13.0. The number of nitrogens with one attached hydrogen (secondary N) is 2. The zero-order valence-electron chi connectivity index (χ0n) is 19.4. The highest BCUT2D eigenvalue weighted by Gasteiger charge is 2.21. The van der Waals surface area contributed by atoms with Crippen LogP contribution in [0.25, 0.3) is 0 Å². The van der Waals surface area contributed by atoms with Gasteiger partial charge in [-0.3, -0.25) is 9.52 Å². The van der Waals surface area contributed by atoms with Crippen LogP contribution in [0.2, 0.25) is 0 Å². The lowest BCUT2D eigenvalue weighted by Crippen LogP contribution is -2.27. The normalized spacial score (nSPS) is 12.3. The van der Waals surface area contributed by atoms with E-state index in [0.29, 0.717) is 16.8 Å². The maximum Gasteiger partial charge on any atom is 0.262 e. The summed E-state index contributed by atoms with van der Waals surface area (Å²) in [7, 11) is -3.84. The molecule has 0 bridgehead atoms. The molecule has 0 aromatic heterocycles. The van der Waals surface area contributed by atoms with Crippen LogP contribution in [-0.4, -0.2) is 14.3 Å². The Balaban J connectivity index is 1.85. The number of aryl methyl sites for hydroxylation is 5. The first-order chi connectivity index (χ1) is 15.0. The predicted molar refractivity (Wildman–Crippen MR) is 130 cm³/mol. The molecule has 3 rings (SSSR count). The van der Waals surface area contributed by atoms with Crippen LogP contribution in [0.5, 0.6) is 0 Å². The molecule has 1 amide bonds. The average molecular weight is 451 g/mol. The molecule has 3 aromatic carbocycles. The molecule has 0 aliphatic heterocycles. The highest BCUT2D eigenvalue weighted by atomic mass is 32.2. The van der Waals surface area contributed by atoms with Crippen LogP contribution >= 0.6 is 0 Å². The molecule has 6 heteroatoms. The number of amides is 1. The second kappa shape index (κ2) is 9.17. The van der Waals surface area contributed by atoms with Crippen LogP contribution in [0, 0.1) is 34.6 Å². The molecular weight excluding hydrogens is 420 g/mol. The number of hydrogen-bond donors (Lipinski definition) is 2. The number of hydrogen-bond acceptors (Lipinski definition) is 3. The van der Waals surface area contributed by atoms with Crippen molar-refractivity contribution in [2.45, 2.75) is 52.5 Å². The van der Waals surface area contributed by atoms with Crippen LogP contribution in [0.1, 0.15) is 56.7 Å². The summed E-state index contributed by atoms with van der Waals surface area (Å²) in [6, 6.07) is 15.8. The quantitative estimate of drug-likeness (QED) is 0.519. The van der Waals surface area contributed by atoms with Crippen molar-refractivity contribution in [3.05, 3.63) is 93.5 Å². The number of carbonyl (C=O) groups excluding carboxylic acids is 1. The van der Waals surface area contributed by atoms with Crippen molar-refractivity contribution in [2.75, 3.05) is 4.72 Å². The lowest BCUT2D eigenvalue weighted by atomic mass is 9.96. The summed E-state index contributed by atoms with van der Waals surface area (Å²) in [6.07, 6.45) is 0. The lowest BCUT2D eigenvalue weighted by Gasteiger charge is -2.19. The van der Waals surface area contributed by atoms with Gasteiger partial charge in [-0.2, -0.15) is 0 Å². The van der Waals surface area contributed by atoms with Crippen molar-refractivity contribution in [1.29, 1.82) is 0 Å². The molecule has 0 aliphatic carbocycles. The smallest absolute Gasteiger partial charge is 0.262 e. The fraction of sp³-hybridized carbons (Fsp3) is 0.269. The van der Waals surface area contributed by atoms with E-state index in [2.05, 4.69) is 29.1 Å². The van der Waals surface area contributed by atoms with Gasteiger partial charge in [0.25, 0.3) is 15.9 Å². The van der Waals surface area contributed by atoms with E-state index >= 15 is 0 Å². The average Bonchev–Trinajstić information content (AvgIpc) is 2.72. The van der Waals surface area contributed by atoms with Gasteiger partial charge in [0.1, 0.15) is 0 Å². The standard InChI is InChI=1S/C26H30N2O3S/c1-16-7-11-23(12-8-16)28-32(30,31)25-15-22(10-9-17(25)2)26(29)27-21(6)24-14-19(4)18(3)13-20(24)5/h7-15,21,28H,1-6H3,(H,27,29)/t21-/m0/s1. The molecule has 0 saturated carbocycles. The largest absolute Gasteiger partial charge is 0.346 e. The monoisotopic (exact) mass is 450 g/mol. The first-order valence-corrected chi connectivity index (χ1v) is 12.0. The highest BCUT2D eigenvalue weighted by Crippen LogP contribution is 2.24. The van der Waals surface area contributed by atoms with E-state index in [9.17, 15) is 13.2 Å². The van der Waals surface area contributed by atoms with Crippen LogP contribution in [0.15, 0.2) is 59.5 Å². The summed E-state index contributed by atoms with van der Waals surface area (Å²) >= 11 is 0. The first kappa shape index (κ1) is 23.5. The van der Waals surface area contributed by atoms with Crippen molar-refractivity contribution in [2.24, 2.45) is 0 Å². The summed E-state index contributed by atoms with van der Waals surface area (Å²) in [4.78, 5) is 13.0. The van der Waals surface area contributed by atoms with E-state index in [0.717, 1.165) is 22.3 Å². The molecule has 0 fully saturated rings. The van der Waals surface area contributed by atoms with E-state index in [1.165, 1.54) is 11.6 Å². The van der Waals surface area contributed by atoms with Crippen molar-refractivity contribution < 1.29 is 13.2 Å². The Bertz CT molecular complexity index is 1260. The number of rotatable bonds is 6. The van der Waals surface area contributed by atoms with E-state index in [1.54, 1.807) is 31.2 Å². The van der Waals surface area contributed by atoms with Gasteiger partial charge in [-0.15, -0.1) is 0 Å². The highest BCUT2D eigenvalue weighted by molar-refractivity contribution is 7.92. The van der Waals surface area contributed by atoms with Crippen LogP contribution in [0.3, 0.4) is 0 Å². The second-order valence-corrected chi connectivity index (χ2v) is 10.1. The summed E-state index contributed by atoms with van der Waals surface area (Å²) < 4.78 is 28.6. The molecule has 1 atom stereocenters. The molecule has 0 aliphatic rings. The molecule has 2 N–H and O–H groups in total. The van der Waals surface area contributed by atoms with Gasteiger partial charge in [-0.1, -0.05) is 35.9 Å². The van der Waals surface area contributed by atoms with Crippen LogP contribution in [0.4, 0.5) is 5.69 Å². The number of sulfonamides is 1. The van der Waals surface area contributed by atoms with E-state index in [1.807, 2.05) is 39.8 Å². The maximum absolute atomic E-state index is 13.0. The van der Waals surface area contributed by atoms with Gasteiger partial charge in [-0.25, -0.2) is 8.42 Å². The van der Waals surface area contributed by atoms with Gasteiger partial charge >= 0.3 is 0 Å². The van der Waals surface area contributed by atoms with Gasteiger partial charge in [0.2, 0.25) is 0 Å². The van der Waals surface area contributed by atoms with E-state index < -0.39 is 10.0 Å². The summed E-state index contributed by atoms with van der Waals surface area (Å²) in [5.41, 5.74) is 6.90. The van der Waals surface area contributed by atoms with Crippen molar-refractivity contribution in [3.8, 4) is 0 Å². The molecule has 0 saturated heterocycles. The van der Waals surface area contributed by atoms with Gasteiger partial charge in [-0.05, 0) is 93.6 Å². The lowest BCUT2D eigenvalue weighted by molar-refractivity contribution is 0.0939. The Morgan fingerprint density at radius 3 is 2.06 bits per heavy atom. The molecule has 0 spiro atoms. The SMILES string of the molecule is Cc1ccc(NS(=O)(=O)c2cc(C(=O)N[C@@H](C)c3cc(C)c(C)cc3C)ccc2C)cc1. The topological polar surface area (TPSA) is 75.3 Å². The molecule has 168 valence electrons. The Morgan fingerprint density at radius 1 is 0.781 bits per heavy atom. The molecule has 0 radical (unpaired) electrons. The van der Waals surface area contributed by atoms with Gasteiger partial charge in [0.05, 0.1) is 10.9 Å². The number of benzene rings is 3. The molecule has 5 nitrogen and oxygen atoms in total. The molecular formula is C26H30N2O3S. The third-order valence-electron chi connectivity index (χ3n) is 5.74. The van der Waals surface area contributed by atoms with Crippen molar-refractivity contribution in [3.63, 3.8) is 0 Å². The molecule has 0 unspecified atom stereocenters. The minimum absolute atomic E-state index is 0.0840. The minimum atomic E-state index is -3.84. The predicted octanol–water partition coefficient (Wildman–Crippen LogP) is 5.52. The fourth-order valence-corrected chi connectivity index (χ4v) is 5.00. The zero-order valence-corrected chi connectivity index (χ0v) is 20.2. The third-order valence-corrected chi connectivity index (χ3v) is 7.26. The summed E-state index contributed by atoms with van der Waals surface area (Å²) in [5, 5.41) is 3.00. The van der Waals surface area contributed by atoms with Crippen molar-refractivity contribution >= 4 is 21.6 Å². The molecule has 0 heterocycles. The summed E-state index contributed by atoms with van der Waals surface area (Å²) in [5.74, 6) is -0.318. The molecule has 32 heavy (non-hydrogen) atoms. The van der Waals surface area contributed by atoms with E-state index in [-0.39, 0.29) is 16.8 Å². The minimum Gasteiger partial charge on any atom is -0.346 e. The van der Waals surface area contributed by atoms with Crippen molar-refractivity contribution in [1.82, 2.24) is 5.32 Å². The first-order valence-electron chi connectivity index (χ1n) is 10.6. The van der Waals surface area contributed by atoms with Gasteiger partial charge in [0, 0.05) is 11.3 Å².